The van der Waals surface area contributed by atoms with Crippen LogP contribution < -0.4 is 0 Å². The maximum Gasteiger partial charge on any atom is 0.348 e. The molecule has 0 bridgehead atoms. The minimum absolute atomic E-state index is 0.0325. The van der Waals surface area contributed by atoms with Gasteiger partial charge in [0.05, 0.1) is 0 Å². The molecule has 0 amide bonds. The third-order valence-corrected chi connectivity index (χ3v) is 4.27. The third kappa shape index (κ3) is 2.21. The molecule has 4 nitrogen and oxygen atoms in total. The van der Waals surface area contributed by atoms with Crippen LogP contribution in [0.3, 0.4) is 0 Å². The highest BCUT2D eigenvalue weighted by Gasteiger charge is 2.58. The second kappa shape index (κ2) is 5.55. The zero-order chi connectivity index (χ0) is 15.7. The van der Waals surface area contributed by atoms with E-state index in [1.807, 2.05) is 6.07 Å². The summed E-state index contributed by atoms with van der Waals surface area (Å²) in [7, 11) is 0. The molecular weight excluding hydrogens is 304 g/mol. The largest absolute Gasteiger partial charge is 0.458 e. The van der Waals surface area contributed by atoms with Gasteiger partial charge in [-0.15, -0.1) is 11.6 Å². The SMILES string of the molecule is O=C(OCc1ccccc1)C1(O)C(=O)c2ccccc2C1Cl. The predicted molar refractivity (Wildman–Crippen MR) is 80.6 cm³/mol. The van der Waals surface area contributed by atoms with Crippen LogP contribution in [0.1, 0.15) is 26.9 Å². The fraction of sp³-hybridized carbons (Fsp3) is 0.176. The van der Waals surface area contributed by atoms with Gasteiger partial charge in [0.15, 0.2) is 0 Å². The van der Waals surface area contributed by atoms with Crippen molar-refractivity contribution < 1.29 is 19.4 Å². The average molecular weight is 317 g/mol. The number of aliphatic hydroxyl groups is 1. The van der Waals surface area contributed by atoms with Gasteiger partial charge in [-0.25, -0.2) is 4.79 Å². The highest BCUT2D eigenvalue weighted by atomic mass is 35.5. The Morgan fingerprint density at radius 1 is 1.14 bits per heavy atom. The minimum atomic E-state index is -2.37. The van der Waals surface area contributed by atoms with Crippen molar-refractivity contribution >= 4 is 23.4 Å². The lowest BCUT2D eigenvalue weighted by molar-refractivity contribution is -0.161. The minimum Gasteiger partial charge on any atom is -0.458 e. The highest BCUT2D eigenvalue weighted by Crippen LogP contribution is 2.44. The van der Waals surface area contributed by atoms with Crippen LogP contribution in [0.5, 0.6) is 0 Å². The number of benzene rings is 2. The molecule has 0 spiro atoms. The summed E-state index contributed by atoms with van der Waals surface area (Å²) in [5, 5.41) is 9.39. The van der Waals surface area contributed by atoms with Crippen molar-refractivity contribution in [3.05, 3.63) is 71.3 Å². The molecule has 0 aliphatic heterocycles. The molecule has 5 heteroatoms. The number of rotatable bonds is 3. The van der Waals surface area contributed by atoms with Gasteiger partial charge in [-0.1, -0.05) is 54.6 Å². The van der Waals surface area contributed by atoms with Crippen molar-refractivity contribution in [1.29, 1.82) is 0 Å². The number of carbonyl (C=O) groups is 2. The van der Waals surface area contributed by atoms with Crippen LogP contribution in [0.25, 0.3) is 0 Å². The number of halogens is 1. The molecule has 2 aromatic carbocycles. The lowest BCUT2D eigenvalue weighted by Crippen LogP contribution is -2.47. The molecule has 2 aromatic rings. The summed E-state index contributed by atoms with van der Waals surface area (Å²) in [6, 6.07) is 15.5. The number of hydrogen-bond acceptors (Lipinski definition) is 4. The lowest BCUT2D eigenvalue weighted by atomic mass is 9.99. The number of carbonyl (C=O) groups excluding carboxylic acids is 2. The van der Waals surface area contributed by atoms with E-state index in [2.05, 4.69) is 0 Å². The van der Waals surface area contributed by atoms with Gasteiger partial charge in [-0.2, -0.15) is 0 Å². The van der Waals surface area contributed by atoms with Crippen molar-refractivity contribution in [2.45, 2.75) is 17.6 Å². The first-order valence-electron chi connectivity index (χ1n) is 6.76. The van der Waals surface area contributed by atoms with Crippen molar-refractivity contribution in [3.63, 3.8) is 0 Å². The molecule has 3 rings (SSSR count). The molecule has 0 fully saturated rings. The summed E-state index contributed by atoms with van der Waals surface area (Å²) in [6.07, 6.45) is 0. The Balaban J connectivity index is 1.82. The fourth-order valence-corrected chi connectivity index (χ4v) is 2.88. The maximum absolute atomic E-state index is 12.3. The van der Waals surface area contributed by atoms with E-state index in [0.717, 1.165) is 5.56 Å². The van der Waals surface area contributed by atoms with Gasteiger partial charge < -0.3 is 9.84 Å². The normalized spacial score (nSPS) is 23.2. The number of fused-ring (bicyclic) bond motifs is 1. The Hall–Kier alpha value is -2.17. The van der Waals surface area contributed by atoms with E-state index in [0.29, 0.717) is 5.56 Å². The first-order valence-corrected chi connectivity index (χ1v) is 7.20. The summed E-state index contributed by atoms with van der Waals surface area (Å²) in [5.74, 6) is -1.75. The van der Waals surface area contributed by atoms with E-state index in [1.54, 1.807) is 42.5 Å². The molecular formula is C17H13ClO4. The Bertz CT molecular complexity index is 728. The molecule has 2 unspecified atom stereocenters. The van der Waals surface area contributed by atoms with Crippen LogP contribution in [0.4, 0.5) is 0 Å². The van der Waals surface area contributed by atoms with Gasteiger partial charge in [0.25, 0.3) is 0 Å². The molecule has 1 aliphatic rings. The van der Waals surface area contributed by atoms with Crippen LogP contribution in [-0.2, 0) is 16.1 Å². The van der Waals surface area contributed by atoms with Crippen LogP contribution in [-0.4, -0.2) is 22.5 Å². The summed E-state index contributed by atoms with van der Waals surface area (Å²) in [5.41, 5.74) is -0.927. The van der Waals surface area contributed by atoms with Crippen LogP contribution >= 0.6 is 11.6 Å². The molecule has 0 heterocycles. The molecule has 0 aromatic heterocycles. The standard InChI is InChI=1S/C17H13ClO4/c18-14-12-8-4-5-9-13(12)15(19)17(14,21)16(20)22-10-11-6-2-1-3-7-11/h1-9,14,21H,10H2. The topological polar surface area (TPSA) is 63.6 Å². The van der Waals surface area contributed by atoms with E-state index >= 15 is 0 Å². The van der Waals surface area contributed by atoms with E-state index in [-0.39, 0.29) is 12.2 Å². The van der Waals surface area contributed by atoms with Gasteiger partial charge in [0.2, 0.25) is 11.4 Å². The van der Waals surface area contributed by atoms with E-state index < -0.39 is 22.7 Å². The lowest BCUT2D eigenvalue weighted by Gasteiger charge is -2.22. The molecule has 0 saturated carbocycles. The maximum atomic E-state index is 12.3. The smallest absolute Gasteiger partial charge is 0.348 e. The molecule has 1 aliphatic carbocycles. The molecule has 2 atom stereocenters. The first-order chi connectivity index (χ1) is 10.5. The second-order valence-electron chi connectivity index (χ2n) is 5.11. The van der Waals surface area contributed by atoms with Gasteiger partial charge in [-0.3, -0.25) is 4.79 Å². The van der Waals surface area contributed by atoms with Gasteiger partial charge in [0, 0.05) is 5.56 Å². The second-order valence-corrected chi connectivity index (χ2v) is 5.54. The molecule has 112 valence electrons. The van der Waals surface area contributed by atoms with E-state index in [4.69, 9.17) is 16.3 Å². The van der Waals surface area contributed by atoms with Crippen molar-refractivity contribution in [2.24, 2.45) is 0 Å². The highest BCUT2D eigenvalue weighted by molar-refractivity contribution is 6.33. The van der Waals surface area contributed by atoms with Crippen molar-refractivity contribution in [3.8, 4) is 0 Å². The van der Waals surface area contributed by atoms with Gasteiger partial charge >= 0.3 is 5.97 Å². The zero-order valence-corrected chi connectivity index (χ0v) is 12.3. The van der Waals surface area contributed by atoms with E-state index in [9.17, 15) is 14.7 Å². The molecule has 0 saturated heterocycles. The van der Waals surface area contributed by atoms with Crippen molar-refractivity contribution in [2.75, 3.05) is 0 Å². The van der Waals surface area contributed by atoms with Crippen LogP contribution in [0.15, 0.2) is 54.6 Å². The number of hydrogen-bond donors (Lipinski definition) is 1. The number of ether oxygens (including phenoxy) is 1. The Morgan fingerprint density at radius 3 is 2.45 bits per heavy atom. The third-order valence-electron chi connectivity index (χ3n) is 3.72. The van der Waals surface area contributed by atoms with Gasteiger partial charge in [-0.05, 0) is 11.1 Å². The molecule has 0 radical (unpaired) electrons. The fourth-order valence-electron chi connectivity index (χ4n) is 2.50. The Labute approximate surface area is 132 Å². The Morgan fingerprint density at radius 2 is 1.77 bits per heavy atom. The number of ketones is 1. The zero-order valence-electron chi connectivity index (χ0n) is 11.5. The molecule has 22 heavy (non-hydrogen) atoms. The van der Waals surface area contributed by atoms with Gasteiger partial charge in [0.1, 0.15) is 12.0 Å². The van der Waals surface area contributed by atoms with E-state index in [1.165, 1.54) is 6.07 Å². The summed E-state index contributed by atoms with van der Waals surface area (Å²) in [4.78, 5) is 24.6. The quantitative estimate of drug-likeness (QED) is 0.537. The Kier molecular flexibility index (Phi) is 3.72. The predicted octanol–water partition coefficient (Wildman–Crippen LogP) is 2.64. The molecule has 1 N–H and O–H groups in total. The number of esters is 1. The monoisotopic (exact) mass is 316 g/mol. The number of Topliss-reactive ketones (excluding diaryl/α,β-unsaturated/α-hetero) is 1. The average Bonchev–Trinajstić information content (AvgIpc) is 2.77. The van der Waals surface area contributed by atoms with Crippen LogP contribution in [0.2, 0.25) is 0 Å². The van der Waals surface area contributed by atoms with Crippen molar-refractivity contribution in [1.82, 2.24) is 0 Å². The summed E-state index contributed by atoms with van der Waals surface area (Å²) < 4.78 is 5.09. The summed E-state index contributed by atoms with van der Waals surface area (Å²) >= 11 is 6.15. The summed E-state index contributed by atoms with van der Waals surface area (Å²) in [6.45, 7) is -0.0325. The first kappa shape index (κ1) is 14.8. The number of alkyl halides is 1. The van der Waals surface area contributed by atoms with Crippen LogP contribution in [0, 0.1) is 0 Å².